The van der Waals surface area contributed by atoms with E-state index in [2.05, 4.69) is 4.98 Å². The lowest BCUT2D eigenvalue weighted by molar-refractivity contribution is 0.0709. The fourth-order valence-corrected chi connectivity index (χ4v) is 3.55. The van der Waals surface area contributed by atoms with Gasteiger partial charge in [-0.1, -0.05) is 6.07 Å². The molecule has 0 radical (unpaired) electrons. The third-order valence-electron chi connectivity index (χ3n) is 2.80. The first-order chi connectivity index (χ1) is 9.76. The summed E-state index contributed by atoms with van der Waals surface area (Å²) in [4.78, 5) is 20.0. The van der Waals surface area contributed by atoms with E-state index in [1.807, 2.05) is 29.8 Å². The van der Waals surface area contributed by atoms with Crippen molar-refractivity contribution in [1.29, 1.82) is 0 Å². The minimum Gasteiger partial charge on any atom is -0.395 e. The zero-order chi connectivity index (χ0) is 14.4. The third-order valence-corrected chi connectivity index (χ3v) is 4.61. The molecule has 2 heterocycles. The molecule has 0 aliphatic heterocycles. The largest absolute Gasteiger partial charge is 0.395 e. The van der Waals surface area contributed by atoms with Crippen LogP contribution in [0.5, 0.6) is 0 Å². The summed E-state index contributed by atoms with van der Waals surface area (Å²) in [5.41, 5.74) is 0.955. The van der Waals surface area contributed by atoms with Crippen molar-refractivity contribution in [2.24, 2.45) is 0 Å². The third kappa shape index (κ3) is 3.59. The van der Waals surface area contributed by atoms with Crippen LogP contribution < -0.4 is 0 Å². The normalized spacial score (nSPS) is 10.5. The Labute approximate surface area is 126 Å². The molecule has 0 aliphatic carbocycles. The molecule has 0 saturated carbocycles. The predicted octanol–water partition coefficient (Wildman–Crippen LogP) is 2.50. The van der Waals surface area contributed by atoms with Gasteiger partial charge < -0.3 is 10.0 Å². The molecule has 1 N–H and O–H groups in total. The summed E-state index contributed by atoms with van der Waals surface area (Å²) < 4.78 is 0. The highest BCUT2D eigenvalue weighted by molar-refractivity contribution is 7.98. The maximum Gasteiger partial charge on any atom is 0.265 e. The van der Waals surface area contributed by atoms with E-state index in [1.165, 1.54) is 11.3 Å². The van der Waals surface area contributed by atoms with E-state index in [0.717, 1.165) is 15.3 Å². The summed E-state index contributed by atoms with van der Waals surface area (Å²) in [6.45, 7) is 0.727. The van der Waals surface area contributed by atoms with Crippen LogP contribution in [0.2, 0.25) is 0 Å². The standard InChI is InChI=1S/C14H16N2O2S2/c1-19-12-4-8-20-13(12)14(18)16(6-7-17)10-11-3-2-5-15-9-11/h2-5,8-9,17H,6-7,10H2,1H3. The van der Waals surface area contributed by atoms with Gasteiger partial charge in [-0.3, -0.25) is 9.78 Å². The molecule has 0 atom stereocenters. The van der Waals surface area contributed by atoms with Crippen molar-refractivity contribution in [3.05, 3.63) is 46.4 Å². The number of aromatic nitrogens is 1. The molecule has 1 amide bonds. The highest BCUT2D eigenvalue weighted by Gasteiger charge is 2.20. The van der Waals surface area contributed by atoms with Crippen molar-refractivity contribution in [1.82, 2.24) is 9.88 Å². The molecule has 2 aromatic heterocycles. The fourth-order valence-electron chi connectivity index (χ4n) is 1.84. The van der Waals surface area contributed by atoms with Gasteiger partial charge in [-0.05, 0) is 29.3 Å². The number of pyridine rings is 1. The molecule has 6 heteroatoms. The highest BCUT2D eigenvalue weighted by atomic mass is 32.2. The number of carbonyl (C=O) groups excluding carboxylic acids is 1. The van der Waals surface area contributed by atoms with Crippen molar-refractivity contribution in [3.63, 3.8) is 0 Å². The van der Waals surface area contributed by atoms with Crippen LogP contribution in [0.4, 0.5) is 0 Å². The Morgan fingerprint density at radius 3 is 3.00 bits per heavy atom. The minimum atomic E-state index is -0.0496. The van der Waals surface area contributed by atoms with Crippen molar-refractivity contribution < 1.29 is 9.90 Å². The van der Waals surface area contributed by atoms with Crippen molar-refractivity contribution in [2.45, 2.75) is 11.4 Å². The first kappa shape index (κ1) is 15.0. The monoisotopic (exact) mass is 308 g/mol. The lowest BCUT2D eigenvalue weighted by Gasteiger charge is -2.21. The highest BCUT2D eigenvalue weighted by Crippen LogP contribution is 2.27. The lowest BCUT2D eigenvalue weighted by Crippen LogP contribution is -2.32. The van der Waals surface area contributed by atoms with Crippen LogP contribution >= 0.6 is 23.1 Å². The second kappa shape index (κ2) is 7.42. The molecule has 0 saturated heterocycles. The molecule has 0 fully saturated rings. The summed E-state index contributed by atoms with van der Waals surface area (Å²) in [7, 11) is 0. The Balaban J connectivity index is 2.18. The summed E-state index contributed by atoms with van der Waals surface area (Å²) in [5, 5.41) is 11.1. The lowest BCUT2D eigenvalue weighted by atomic mass is 10.2. The van der Waals surface area contributed by atoms with Gasteiger partial charge in [0.05, 0.1) is 6.61 Å². The predicted molar refractivity (Wildman–Crippen MR) is 82.2 cm³/mol. The summed E-state index contributed by atoms with van der Waals surface area (Å²) in [6.07, 6.45) is 5.39. The van der Waals surface area contributed by atoms with Gasteiger partial charge >= 0.3 is 0 Å². The molecule has 0 bridgehead atoms. The molecule has 0 aliphatic rings. The molecule has 0 aromatic carbocycles. The number of rotatable bonds is 6. The number of hydrogen-bond acceptors (Lipinski definition) is 5. The molecule has 2 aromatic rings. The fraction of sp³-hybridized carbons (Fsp3) is 0.286. The zero-order valence-corrected chi connectivity index (χ0v) is 12.8. The number of hydrogen-bond donors (Lipinski definition) is 1. The van der Waals surface area contributed by atoms with Crippen molar-refractivity contribution in [3.8, 4) is 0 Å². The van der Waals surface area contributed by atoms with Crippen LogP contribution in [0, 0.1) is 0 Å². The Bertz CT molecular complexity index is 557. The number of thiophene rings is 1. The summed E-state index contributed by atoms with van der Waals surface area (Å²) in [6, 6.07) is 5.72. The van der Waals surface area contributed by atoms with Crippen LogP contribution in [0.15, 0.2) is 40.9 Å². The first-order valence-electron chi connectivity index (χ1n) is 6.16. The van der Waals surface area contributed by atoms with E-state index in [4.69, 9.17) is 0 Å². The summed E-state index contributed by atoms with van der Waals surface area (Å²) >= 11 is 3.00. The smallest absolute Gasteiger partial charge is 0.265 e. The van der Waals surface area contributed by atoms with E-state index in [0.29, 0.717) is 13.1 Å². The van der Waals surface area contributed by atoms with Crippen LogP contribution in [0.1, 0.15) is 15.2 Å². The Morgan fingerprint density at radius 1 is 1.50 bits per heavy atom. The average molecular weight is 308 g/mol. The number of nitrogens with zero attached hydrogens (tertiary/aromatic N) is 2. The van der Waals surface area contributed by atoms with Gasteiger partial charge in [0.15, 0.2) is 0 Å². The van der Waals surface area contributed by atoms with E-state index in [-0.39, 0.29) is 12.5 Å². The molecule has 4 nitrogen and oxygen atoms in total. The van der Waals surface area contributed by atoms with Crippen molar-refractivity contribution in [2.75, 3.05) is 19.4 Å². The second-order valence-electron chi connectivity index (χ2n) is 4.13. The molecular formula is C14H16N2O2S2. The Morgan fingerprint density at radius 2 is 2.35 bits per heavy atom. The topological polar surface area (TPSA) is 53.4 Å². The quantitative estimate of drug-likeness (QED) is 0.833. The Kier molecular flexibility index (Phi) is 5.58. The van der Waals surface area contributed by atoms with E-state index < -0.39 is 0 Å². The van der Waals surface area contributed by atoms with Gasteiger partial charge in [0.25, 0.3) is 5.91 Å². The maximum atomic E-state index is 12.6. The molecule has 0 unspecified atom stereocenters. The van der Waals surface area contributed by atoms with E-state index in [9.17, 15) is 9.90 Å². The van der Waals surface area contributed by atoms with E-state index >= 15 is 0 Å². The maximum absolute atomic E-state index is 12.6. The second-order valence-corrected chi connectivity index (χ2v) is 5.89. The van der Waals surface area contributed by atoms with Crippen LogP contribution in [0.3, 0.4) is 0 Å². The molecule has 2 rings (SSSR count). The first-order valence-corrected chi connectivity index (χ1v) is 8.27. The van der Waals surface area contributed by atoms with Gasteiger partial charge in [0.2, 0.25) is 0 Å². The average Bonchev–Trinajstić information content (AvgIpc) is 2.95. The molecule has 106 valence electrons. The van der Waals surface area contributed by atoms with Crippen LogP contribution in [-0.2, 0) is 6.54 Å². The molecule has 20 heavy (non-hydrogen) atoms. The van der Waals surface area contributed by atoms with Gasteiger partial charge in [-0.15, -0.1) is 23.1 Å². The summed E-state index contributed by atoms with van der Waals surface area (Å²) in [5.74, 6) is -0.0396. The van der Waals surface area contributed by atoms with Gasteiger partial charge in [-0.2, -0.15) is 0 Å². The van der Waals surface area contributed by atoms with Crippen LogP contribution in [-0.4, -0.2) is 40.3 Å². The van der Waals surface area contributed by atoms with Gasteiger partial charge in [0.1, 0.15) is 4.88 Å². The van der Waals surface area contributed by atoms with E-state index in [1.54, 1.807) is 29.1 Å². The number of aliphatic hydroxyl groups is 1. The molecular weight excluding hydrogens is 292 g/mol. The number of carbonyl (C=O) groups is 1. The minimum absolute atomic E-state index is 0.0396. The van der Waals surface area contributed by atoms with Crippen LogP contribution in [0.25, 0.3) is 0 Å². The van der Waals surface area contributed by atoms with Gasteiger partial charge in [-0.25, -0.2) is 0 Å². The number of amides is 1. The zero-order valence-electron chi connectivity index (χ0n) is 11.2. The Hall–Kier alpha value is -1.37. The SMILES string of the molecule is CSc1ccsc1C(=O)N(CCO)Cc1cccnc1. The van der Waals surface area contributed by atoms with Crippen molar-refractivity contribution >= 4 is 29.0 Å². The molecule has 0 spiro atoms. The number of thioether (sulfide) groups is 1. The van der Waals surface area contributed by atoms with Gasteiger partial charge in [0, 0.05) is 30.4 Å². The number of aliphatic hydroxyl groups excluding tert-OH is 1.